The Balaban J connectivity index is 1.78. The minimum Gasteiger partial charge on any atom is -0.482 e. The molecule has 28 heavy (non-hydrogen) atoms. The highest BCUT2D eigenvalue weighted by atomic mass is 35.5. The predicted molar refractivity (Wildman–Crippen MR) is 98.4 cm³/mol. The summed E-state index contributed by atoms with van der Waals surface area (Å²) in [4.78, 5) is 12.5. The molecule has 0 bridgehead atoms. The second kappa shape index (κ2) is 8.08. The fraction of sp³-hybridized carbons (Fsp3) is 0.556. The third-order valence-electron chi connectivity index (χ3n) is 5.02. The van der Waals surface area contributed by atoms with Gasteiger partial charge in [-0.25, -0.2) is 0 Å². The molecular formula is C18H19Cl2F3N2O3. The second-order valence-electron chi connectivity index (χ2n) is 6.99. The van der Waals surface area contributed by atoms with Gasteiger partial charge in [-0.05, 0) is 37.0 Å². The highest BCUT2D eigenvalue weighted by Crippen LogP contribution is 2.43. The Morgan fingerprint density at radius 1 is 1.29 bits per heavy atom. The third-order valence-corrected chi connectivity index (χ3v) is 5.55. The van der Waals surface area contributed by atoms with Gasteiger partial charge in [-0.15, -0.1) is 0 Å². The number of rotatable bonds is 4. The van der Waals surface area contributed by atoms with Gasteiger partial charge in [0.1, 0.15) is 5.75 Å². The molecule has 0 aromatic heterocycles. The van der Waals surface area contributed by atoms with Crippen LogP contribution in [-0.4, -0.2) is 40.2 Å². The average molecular weight is 439 g/mol. The van der Waals surface area contributed by atoms with Crippen molar-refractivity contribution in [2.45, 2.75) is 50.4 Å². The van der Waals surface area contributed by atoms with E-state index in [-0.39, 0.29) is 27.4 Å². The van der Waals surface area contributed by atoms with Crippen LogP contribution in [-0.2, 0) is 4.79 Å². The number of hydrazone groups is 1. The Morgan fingerprint density at radius 2 is 1.96 bits per heavy atom. The molecule has 1 N–H and O–H groups in total. The molecule has 1 saturated carbocycles. The van der Waals surface area contributed by atoms with Gasteiger partial charge in [-0.3, -0.25) is 4.79 Å². The van der Waals surface area contributed by atoms with Crippen LogP contribution in [0.3, 0.4) is 0 Å². The van der Waals surface area contributed by atoms with E-state index >= 15 is 0 Å². The number of halogens is 5. The number of nitrogens with zero attached hydrogens (tertiary/aromatic N) is 2. The number of amides is 1. The molecule has 1 fully saturated rings. The van der Waals surface area contributed by atoms with Crippen LogP contribution < -0.4 is 4.74 Å². The lowest BCUT2D eigenvalue weighted by molar-refractivity contribution is -0.302. The van der Waals surface area contributed by atoms with Crippen LogP contribution >= 0.6 is 23.2 Å². The molecule has 1 atom stereocenters. The number of carbonyl (C=O) groups excluding carboxylic acids is 1. The molecule has 1 aliphatic heterocycles. The number of carbonyl (C=O) groups is 1. The first-order valence-corrected chi connectivity index (χ1v) is 9.65. The molecule has 1 heterocycles. The van der Waals surface area contributed by atoms with Gasteiger partial charge < -0.3 is 9.84 Å². The Labute approximate surface area is 170 Å². The van der Waals surface area contributed by atoms with Crippen molar-refractivity contribution in [3.8, 4) is 5.75 Å². The van der Waals surface area contributed by atoms with Gasteiger partial charge >= 0.3 is 6.18 Å². The van der Waals surface area contributed by atoms with Gasteiger partial charge in [0.15, 0.2) is 6.61 Å². The minimum atomic E-state index is -5.06. The van der Waals surface area contributed by atoms with E-state index in [4.69, 9.17) is 27.9 Å². The number of aliphatic hydroxyl groups is 1. The zero-order valence-corrected chi connectivity index (χ0v) is 16.3. The summed E-state index contributed by atoms with van der Waals surface area (Å²) in [6, 6.07) is 4.24. The van der Waals surface area contributed by atoms with Gasteiger partial charge in [-0.2, -0.15) is 23.3 Å². The molecule has 0 saturated heterocycles. The van der Waals surface area contributed by atoms with Gasteiger partial charge in [0.05, 0.1) is 5.02 Å². The molecule has 3 rings (SSSR count). The number of ether oxygens (including phenoxy) is 1. The Morgan fingerprint density at radius 3 is 2.57 bits per heavy atom. The van der Waals surface area contributed by atoms with Gasteiger partial charge in [0, 0.05) is 17.2 Å². The Bertz CT molecular complexity index is 782. The summed E-state index contributed by atoms with van der Waals surface area (Å²) in [5.74, 6) is -1.19. The molecule has 1 aromatic rings. The fourth-order valence-corrected chi connectivity index (χ4v) is 3.97. The minimum absolute atomic E-state index is 0.0886. The summed E-state index contributed by atoms with van der Waals surface area (Å²) in [5, 5.41) is 14.8. The lowest BCUT2D eigenvalue weighted by Crippen LogP contribution is -2.57. The standard InChI is InChI=1S/C18H19Cl2F3N2O3/c19-12-6-7-15(13(20)8-12)28-10-16(26)25-17(27,18(21,22)23)9-14(24-25)11-4-2-1-3-5-11/h6-8,11,27H,1-5,9-10H2. The number of alkyl halides is 3. The van der Waals surface area contributed by atoms with Crippen LogP contribution in [0.25, 0.3) is 0 Å². The molecular weight excluding hydrogens is 420 g/mol. The first-order valence-electron chi connectivity index (χ1n) is 8.89. The zero-order valence-electron chi connectivity index (χ0n) is 14.8. The lowest BCUT2D eigenvalue weighted by Gasteiger charge is -2.32. The van der Waals surface area contributed by atoms with Crippen LogP contribution in [0.15, 0.2) is 23.3 Å². The van der Waals surface area contributed by atoms with Crippen molar-refractivity contribution in [3.05, 3.63) is 28.2 Å². The maximum Gasteiger partial charge on any atom is 0.438 e. The summed E-state index contributed by atoms with van der Waals surface area (Å²) < 4.78 is 45.9. The van der Waals surface area contributed by atoms with E-state index in [1.54, 1.807) is 0 Å². The Kier molecular flexibility index (Phi) is 6.12. The van der Waals surface area contributed by atoms with Crippen molar-refractivity contribution in [1.82, 2.24) is 5.01 Å². The highest BCUT2D eigenvalue weighted by molar-refractivity contribution is 6.35. The number of benzene rings is 1. The molecule has 1 aliphatic carbocycles. The first kappa shape index (κ1) is 21.2. The van der Waals surface area contributed by atoms with E-state index in [1.165, 1.54) is 18.2 Å². The SMILES string of the molecule is O=C(COc1ccc(Cl)cc1Cl)N1N=C(C2CCCCC2)CC1(O)C(F)(F)F. The van der Waals surface area contributed by atoms with E-state index in [0.717, 1.165) is 19.3 Å². The van der Waals surface area contributed by atoms with Gasteiger partial charge in [-0.1, -0.05) is 42.5 Å². The van der Waals surface area contributed by atoms with Crippen LogP contribution in [0.4, 0.5) is 13.2 Å². The van der Waals surface area contributed by atoms with Crippen LogP contribution in [0, 0.1) is 5.92 Å². The summed E-state index contributed by atoms with van der Waals surface area (Å²) in [5.41, 5.74) is -3.17. The van der Waals surface area contributed by atoms with Crippen molar-refractivity contribution in [3.63, 3.8) is 0 Å². The van der Waals surface area contributed by atoms with Crippen LogP contribution in [0.1, 0.15) is 38.5 Å². The smallest absolute Gasteiger partial charge is 0.438 e. The monoisotopic (exact) mass is 438 g/mol. The normalized spacial score (nSPS) is 23.6. The molecule has 2 aliphatic rings. The quantitative estimate of drug-likeness (QED) is 0.734. The number of hydrogen-bond donors (Lipinski definition) is 1. The van der Waals surface area contributed by atoms with Crippen molar-refractivity contribution in [1.29, 1.82) is 0 Å². The molecule has 1 unspecified atom stereocenters. The largest absolute Gasteiger partial charge is 0.482 e. The molecule has 0 radical (unpaired) electrons. The zero-order chi connectivity index (χ0) is 20.5. The summed E-state index contributed by atoms with van der Waals surface area (Å²) in [6.45, 7) is -0.763. The molecule has 1 aromatic carbocycles. The first-order chi connectivity index (χ1) is 13.1. The van der Waals surface area contributed by atoms with E-state index in [2.05, 4.69) is 5.10 Å². The van der Waals surface area contributed by atoms with E-state index in [0.29, 0.717) is 17.9 Å². The number of hydrogen-bond acceptors (Lipinski definition) is 4. The van der Waals surface area contributed by atoms with Crippen molar-refractivity contribution >= 4 is 34.8 Å². The van der Waals surface area contributed by atoms with Crippen molar-refractivity contribution in [2.24, 2.45) is 11.0 Å². The maximum absolute atomic E-state index is 13.6. The maximum atomic E-state index is 13.6. The Hall–Kier alpha value is -1.51. The fourth-order valence-electron chi connectivity index (χ4n) is 3.51. The molecule has 154 valence electrons. The lowest BCUT2D eigenvalue weighted by atomic mass is 9.83. The summed E-state index contributed by atoms with van der Waals surface area (Å²) in [7, 11) is 0. The van der Waals surface area contributed by atoms with Gasteiger partial charge in [0.25, 0.3) is 11.6 Å². The molecule has 1 amide bonds. The van der Waals surface area contributed by atoms with Crippen molar-refractivity contribution < 1.29 is 27.8 Å². The molecule has 0 spiro atoms. The predicted octanol–water partition coefficient (Wildman–Crippen LogP) is 4.79. The molecule has 5 nitrogen and oxygen atoms in total. The van der Waals surface area contributed by atoms with Crippen molar-refractivity contribution in [2.75, 3.05) is 6.61 Å². The summed E-state index contributed by atoms with van der Waals surface area (Å²) in [6.07, 6.45) is -1.60. The third kappa shape index (κ3) is 4.23. The van der Waals surface area contributed by atoms with Gasteiger partial charge in [0.2, 0.25) is 0 Å². The molecule has 10 heteroatoms. The van der Waals surface area contributed by atoms with E-state index < -0.39 is 30.8 Å². The van der Waals surface area contributed by atoms with E-state index in [9.17, 15) is 23.1 Å². The highest BCUT2D eigenvalue weighted by Gasteiger charge is 2.63. The average Bonchev–Trinajstić information content (AvgIpc) is 3.00. The second-order valence-corrected chi connectivity index (χ2v) is 7.83. The topological polar surface area (TPSA) is 62.1 Å². The van der Waals surface area contributed by atoms with Crippen LogP contribution in [0.5, 0.6) is 5.75 Å². The van der Waals surface area contributed by atoms with Crippen LogP contribution in [0.2, 0.25) is 10.0 Å². The summed E-state index contributed by atoms with van der Waals surface area (Å²) >= 11 is 11.7. The van der Waals surface area contributed by atoms with E-state index in [1.807, 2.05) is 0 Å².